The van der Waals surface area contributed by atoms with Gasteiger partial charge in [0.15, 0.2) is 11.6 Å². The highest BCUT2D eigenvalue weighted by Gasteiger charge is 2.30. The van der Waals surface area contributed by atoms with E-state index in [0.717, 1.165) is 92.9 Å². The summed E-state index contributed by atoms with van der Waals surface area (Å²) in [6, 6.07) is 41.6. The quantitative estimate of drug-likeness (QED) is 0.0256. The fraction of sp³-hybridized carbons (Fsp3) is 0.398. The van der Waals surface area contributed by atoms with Crippen LogP contribution in [0.3, 0.4) is 0 Å². The van der Waals surface area contributed by atoms with Crippen LogP contribution in [0.25, 0.3) is 0 Å². The Labute approximate surface area is 719 Å². The van der Waals surface area contributed by atoms with Crippen molar-refractivity contribution in [2.45, 2.75) is 238 Å². The molecule has 0 bridgehead atoms. The lowest BCUT2D eigenvalue weighted by molar-refractivity contribution is -0.385. The summed E-state index contributed by atoms with van der Waals surface area (Å²) < 4.78 is 16.7. The number of ether oxygens (including phenoxy) is 3. The summed E-state index contributed by atoms with van der Waals surface area (Å²) in [7, 11) is 0. The zero-order valence-corrected chi connectivity index (χ0v) is 71.5. The number of aryl methyl sites for hydroxylation is 17. The molecule has 0 atom stereocenters. The van der Waals surface area contributed by atoms with E-state index in [1.54, 1.807) is 55.6 Å². The number of rotatable bonds is 10. The van der Waals surface area contributed by atoms with Gasteiger partial charge in [-0.15, -0.1) is 23.2 Å². The molecule has 0 radical (unpaired) electrons. The number of aromatic hydroxyl groups is 1. The van der Waals surface area contributed by atoms with Gasteiger partial charge in [-0.3, -0.25) is 34.6 Å². The molecule has 20 heteroatoms. The molecule has 0 aromatic heterocycles. The van der Waals surface area contributed by atoms with E-state index in [4.69, 9.17) is 55.9 Å². The molecule has 21 rings (SSSR count). The van der Waals surface area contributed by atoms with Crippen molar-refractivity contribution in [3.63, 3.8) is 0 Å². The van der Waals surface area contributed by atoms with Crippen molar-refractivity contribution in [3.8, 4) is 23.0 Å². The van der Waals surface area contributed by atoms with Crippen LogP contribution < -0.4 is 14.2 Å². The molecule has 0 saturated carbocycles. The average molecular weight is 1740 g/mol. The zero-order valence-electron chi connectivity index (χ0n) is 66.9. The molecular formula is C98H101BrCl4N2O13. The summed E-state index contributed by atoms with van der Waals surface area (Å²) in [4.78, 5) is 75.0. The number of phenolic OH excluding ortho intramolecular Hbond substituents is 1. The maximum atomic E-state index is 12.2. The number of nitro groups is 2. The van der Waals surface area contributed by atoms with E-state index in [1.807, 2.05) is 12.1 Å². The lowest BCUT2D eigenvalue weighted by Gasteiger charge is -2.14. The summed E-state index contributed by atoms with van der Waals surface area (Å²) in [6.07, 6.45) is 41.8. The number of phenols is 1. The molecule has 0 amide bonds. The molecule has 12 aliphatic carbocycles. The van der Waals surface area contributed by atoms with Gasteiger partial charge in [0.25, 0.3) is 11.4 Å². The molecular weight excluding hydrogens is 1630 g/mol. The van der Waals surface area contributed by atoms with Gasteiger partial charge in [-0.1, -0.05) is 88.7 Å². The number of nitrogens with zero attached hydrogens (tertiary/aromatic N) is 2. The normalized spacial score (nSPS) is 15.6. The number of non-ortho nitro benzene ring substituents is 2. The summed E-state index contributed by atoms with van der Waals surface area (Å²) in [6.45, 7) is 0. The second-order valence-corrected chi connectivity index (χ2v) is 34.4. The summed E-state index contributed by atoms with van der Waals surface area (Å²) in [5, 5.41) is 30.5. The highest BCUT2D eigenvalue weighted by molar-refractivity contribution is 9.10. The minimum Gasteiger partial charge on any atom is -0.507 e. The van der Waals surface area contributed by atoms with Crippen molar-refractivity contribution in [1.82, 2.24) is 0 Å². The lowest BCUT2D eigenvalue weighted by Crippen LogP contribution is -2.16. The number of hydrogen-bond acceptors (Lipinski definition) is 13. The van der Waals surface area contributed by atoms with Crippen molar-refractivity contribution >= 4 is 102 Å². The van der Waals surface area contributed by atoms with Crippen LogP contribution in [0.15, 0.2) is 138 Å². The third-order valence-corrected chi connectivity index (χ3v) is 26.1. The Morgan fingerprint density at radius 1 is 0.364 bits per heavy atom. The molecule has 9 aromatic carbocycles. The Morgan fingerprint density at radius 3 is 1.11 bits per heavy atom. The van der Waals surface area contributed by atoms with Crippen molar-refractivity contribution < 1.29 is 53.1 Å². The van der Waals surface area contributed by atoms with E-state index in [1.165, 1.54) is 268 Å². The maximum absolute atomic E-state index is 12.2. The Morgan fingerprint density at radius 2 is 0.703 bits per heavy atom. The van der Waals surface area contributed by atoms with Crippen molar-refractivity contribution in [2.75, 3.05) is 11.8 Å². The number of fused-ring (bicyclic) bond motifs is 12. The predicted molar refractivity (Wildman–Crippen MR) is 470 cm³/mol. The Kier molecular flexibility index (Phi) is 30.7. The maximum Gasteiger partial charge on any atom is 0.519 e. The molecule has 15 nitrogen and oxygen atoms in total. The minimum atomic E-state index is -0.978. The number of hydrogen-bond donors (Lipinski definition) is 1. The summed E-state index contributed by atoms with van der Waals surface area (Å²) in [5.41, 5.74) is 34.0. The smallest absolute Gasteiger partial charge is 0.507 e. The van der Waals surface area contributed by atoms with E-state index in [0.29, 0.717) is 35.5 Å². The molecule has 0 heterocycles. The van der Waals surface area contributed by atoms with E-state index >= 15 is 0 Å². The first kappa shape index (κ1) is 86.8. The minimum absolute atomic E-state index is 0.0561. The first-order valence-corrected chi connectivity index (χ1v) is 44.8. The fourth-order valence-corrected chi connectivity index (χ4v) is 20.3. The van der Waals surface area contributed by atoms with Gasteiger partial charge in [0, 0.05) is 82.5 Å². The second kappa shape index (κ2) is 41.8. The van der Waals surface area contributed by atoms with Crippen LogP contribution in [0, 0.1) is 20.2 Å². The van der Waals surface area contributed by atoms with Gasteiger partial charge in [-0.25, -0.2) is 9.59 Å². The number of alkyl halides is 2. The van der Waals surface area contributed by atoms with Crippen LogP contribution in [0.4, 0.5) is 21.0 Å². The largest absolute Gasteiger partial charge is 0.519 e. The van der Waals surface area contributed by atoms with Gasteiger partial charge in [-0.2, -0.15) is 0 Å². The van der Waals surface area contributed by atoms with Crippen molar-refractivity contribution in [2.24, 2.45) is 0 Å². The summed E-state index contributed by atoms with van der Waals surface area (Å²) >= 11 is 24.2. The third-order valence-electron chi connectivity index (χ3n) is 24.5. The van der Waals surface area contributed by atoms with Crippen LogP contribution in [-0.4, -0.2) is 55.1 Å². The molecule has 0 fully saturated rings. The fourth-order valence-electron chi connectivity index (χ4n) is 18.7. The van der Waals surface area contributed by atoms with E-state index < -0.39 is 21.4 Å². The number of carbonyl (C=O) groups is 5. The number of carbonyl (C=O) groups excluding carboxylic acids is 5. The number of ketones is 2. The van der Waals surface area contributed by atoms with Crippen molar-refractivity contribution in [1.29, 1.82) is 0 Å². The molecule has 9 aromatic rings. The van der Waals surface area contributed by atoms with Crippen LogP contribution in [0.2, 0.25) is 0 Å². The monoisotopic (exact) mass is 1730 g/mol. The molecule has 0 aliphatic heterocycles. The van der Waals surface area contributed by atoms with Gasteiger partial charge >= 0.3 is 11.6 Å². The van der Waals surface area contributed by atoms with Crippen molar-refractivity contribution in [3.05, 3.63) is 297 Å². The SMILES string of the molecule is Brc1c2c(cc3c1CCC3)CCC2.O=C(CCCl)c1ccc2c(c1)CCC2.O=C(Cl)CCCl.O=C(Cl)Oc1ccc([N+](=O)[O-])cc1.O=C(Oc1ccc([N+](=O)[O-])cc1)Oc1c2c(cc3c1CCC3)CCC2.O=C1CCc2cc3c(cc21)CCC3.Oc1c2c(cc3c1CCC3)CCC2.c1c2c(cc3c1CCC3)CCC2.c1ccc2c(c1)CCC2. The van der Waals surface area contributed by atoms with Gasteiger partial charge in [-0.05, 0) is 394 Å². The first-order chi connectivity index (χ1) is 57.2. The number of benzene rings is 9. The lowest BCUT2D eigenvalue weighted by atomic mass is 10.0. The highest BCUT2D eigenvalue weighted by atomic mass is 79.9. The molecule has 0 unspecified atom stereocenters. The van der Waals surface area contributed by atoms with Crippen LogP contribution in [-0.2, 0) is 152 Å². The molecule has 12 aliphatic rings. The van der Waals surface area contributed by atoms with Gasteiger partial charge in [0.2, 0.25) is 5.24 Å². The molecule has 1 N–H and O–H groups in total. The highest BCUT2D eigenvalue weighted by Crippen LogP contribution is 2.43. The third kappa shape index (κ3) is 22.3. The standard InChI is InChI=1S/C19H17NO5.C12H13Br.C12H13ClO.C12H14O.C12H12O.C12H14.C9H10.C7H4ClNO4.C3H4Cl2O/c21-19(24-15-9-7-14(8-10-15)20(22)23)25-18-16-5-1-3-12(16)11-13-4-2-6-17(13)18;13-12-10-5-1-3-8(10)7-9-4-2-6-11(9)12;13-7-6-12(14)11-5-4-9-2-1-3-10(9)8-11;13-12-10-5-1-3-8(10)7-9-4-2-6-11(9)12;13-12-5-4-10-6-8-2-1-3-9(8)7-11(10)12;1-3-9-7-11-5-2-6-12(11)8-10(9)4-1;1-2-5-9-7-3-6-8(9)4-1;8-7(10)13-6-3-1-5(2-4-6)9(11)12;4-2-1-3(5)6/h7-11H,1-6H2;7H,1-6H2;4-5,8H,1-3,6-7H2;7,13H,1-6H2;6-7H,1-5H2;7-8H,1-6H2;1-2,4-5H,3,6-7H2;1-4H;1-2H2. The van der Waals surface area contributed by atoms with E-state index in [2.05, 4.69) is 93.5 Å². The van der Waals surface area contributed by atoms with Gasteiger partial charge in [0.05, 0.1) is 9.85 Å². The van der Waals surface area contributed by atoms with E-state index in [9.17, 15) is 49.3 Å². The summed E-state index contributed by atoms with van der Waals surface area (Å²) in [5.74, 6) is 2.96. The zero-order chi connectivity index (χ0) is 82.8. The predicted octanol–water partition coefficient (Wildman–Crippen LogP) is 23.8. The average Bonchev–Trinajstić information content (AvgIpc) is 1.62. The van der Waals surface area contributed by atoms with E-state index in [-0.39, 0.29) is 40.3 Å². The second-order valence-electron chi connectivity index (χ2n) is 32.1. The van der Waals surface area contributed by atoms with Gasteiger partial charge < -0.3 is 19.3 Å². The van der Waals surface area contributed by atoms with Crippen LogP contribution >= 0.6 is 62.3 Å². The molecule has 0 saturated heterocycles. The Balaban J connectivity index is 0.000000118. The molecule has 118 heavy (non-hydrogen) atoms. The molecule has 616 valence electrons. The number of nitro benzene ring substituents is 2. The molecule has 0 spiro atoms. The number of Topliss-reactive ketones (excluding diaryl/α,β-unsaturated/α-hetero) is 2. The number of halogens is 5. The topological polar surface area (TPSA) is 220 Å². The Hall–Kier alpha value is -9.03. The van der Waals surface area contributed by atoms with Crippen LogP contribution in [0.1, 0.15) is 239 Å². The van der Waals surface area contributed by atoms with Crippen LogP contribution in [0.5, 0.6) is 23.0 Å². The van der Waals surface area contributed by atoms with Gasteiger partial charge in [0.1, 0.15) is 23.0 Å². The first-order valence-electron chi connectivity index (χ1n) is 42.2. The Bertz CT molecular complexity index is 4980.